The molecule has 4 heteroatoms. The highest BCUT2D eigenvalue weighted by Gasteiger charge is 2.31. The second-order valence-corrected chi connectivity index (χ2v) is 6.08. The van der Waals surface area contributed by atoms with E-state index in [0.29, 0.717) is 13.2 Å². The Balaban J connectivity index is 1.66. The maximum Gasteiger partial charge on any atom is 0.161 e. The van der Waals surface area contributed by atoms with Crippen LogP contribution >= 0.6 is 0 Å². The molecule has 0 amide bonds. The van der Waals surface area contributed by atoms with Crippen LogP contribution in [0.15, 0.2) is 24.3 Å². The summed E-state index contributed by atoms with van der Waals surface area (Å²) in [6, 6.07) is 7.63. The Morgan fingerprint density at radius 3 is 2.57 bits per heavy atom. The summed E-state index contributed by atoms with van der Waals surface area (Å²) in [7, 11) is 1.64. The molecule has 0 radical (unpaired) electrons. The van der Waals surface area contributed by atoms with E-state index in [9.17, 15) is 5.11 Å². The van der Waals surface area contributed by atoms with Gasteiger partial charge in [-0.2, -0.15) is 0 Å². The van der Waals surface area contributed by atoms with Crippen LogP contribution in [-0.2, 0) is 0 Å². The predicted octanol–water partition coefficient (Wildman–Crippen LogP) is 2.60. The van der Waals surface area contributed by atoms with Crippen LogP contribution in [0.3, 0.4) is 0 Å². The summed E-state index contributed by atoms with van der Waals surface area (Å²) in [5.74, 6) is 2.25. The zero-order valence-electron chi connectivity index (χ0n) is 13.1. The smallest absolute Gasteiger partial charge is 0.161 e. The minimum absolute atomic E-state index is 0.531. The van der Waals surface area contributed by atoms with E-state index in [1.165, 1.54) is 0 Å². The Kier molecular flexibility index (Phi) is 5.88. The molecule has 1 aliphatic rings. The van der Waals surface area contributed by atoms with E-state index < -0.39 is 5.60 Å². The standard InChI is InChI=1S/C17H27NO3/c1-14-7-9-17(19,10-8-14)13-18-11-12-21-16-6-4-3-5-15(16)20-2/h3-6,14,18-19H,7-13H2,1-2H3. The van der Waals surface area contributed by atoms with Gasteiger partial charge in [0.25, 0.3) is 0 Å². The molecular formula is C17H27NO3. The van der Waals surface area contributed by atoms with Crippen LogP contribution in [0.25, 0.3) is 0 Å². The summed E-state index contributed by atoms with van der Waals surface area (Å²) in [5, 5.41) is 13.8. The normalized spacial score (nSPS) is 25.6. The molecule has 0 aliphatic heterocycles. The minimum atomic E-state index is -0.531. The van der Waals surface area contributed by atoms with Crippen LogP contribution in [0.4, 0.5) is 0 Å². The van der Waals surface area contributed by atoms with E-state index in [4.69, 9.17) is 9.47 Å². The zero-order chi connectivity index (χ0) is 15.1. The molecule has 0 aromatic heterocycles. The van der Waals surface area contributed by atoms with Crippen LogP contribution in [0.1, 0.15) is 32.6 Å². The van der Waals surface area contributed by atoms with E-state index in [2.05, 4.69) is 12.2 Å². The lowest BCUT2D eigenvalue weighted by molar-refractivity contribution is -0.00637. The SMILES string of the molecule is COc1ccccc1OCCNCC1(O)CCC(C)CC1. The van der Waals surface area contributed by atoms with Crippen molar-refractivity contribution in [3.8, 4) is 11.5 Å². The number of aliphatic hydroxyl groups is 1. The van der Waals surface area contributed by atoms with Crippen molar-refractivity contribution in [1.82, 2.24) is 5.32 Å². The average molecular weight is 293 g/mol. The lowest BCUT2D eigenvalue weighted by Gasteiger charge is -2.35. The van der Waals surface area contributed by atoms with Gasteiger partial charge >= 0.3 is 0 Å². The maximum atomic E-state index is 10.5. The molecule has 0 atom stereocenters. The van der Waals surface area contributed by atoms with Gasteiger partial charge in [0.2, 0.25) is 0 Å². The van der Waals surface area contributed by atoms with E-state index in [0.717, 1.165) is 49.6 Å². The third-order valence-electron chi connectivity index (χ3n) is 4.26. The van der Waals surface area contributed by atoms with Crippen molar-refractivity contribution in [2.45, 2.75) is 38.2 Å². The molecule has 2 rings (SSSR count). The molecule has 1 aromatic rings. The van der Waals surface area contributed by atoms with E-state index >= 15 is 0 Å². The molecule has 4 nitrogen and oxygen atoms in total. The third-order valence-corrected chi connectivity index (χ3v) is 4.26. The number of hydrogen-bond acceptors (Lipinski definition) is 4. The molecule has 118 valence electrons. The van der Waals surface area contributed by atoms with E-state index in [-0.39, 0.29) is 0 Å². The second-order valence-electron chi connectivity index (χ2n) is 6.08. The van der Waals surface area contributed by atoms with Gasteiger partial charge in [0, 0.05) is 13.1 Å². The van der Waals surface area contributed by atoms with Crippen molar-refractivity contribution in [1.29, 1.82) is 0 Å². The lowest BCUT2D eigenvalue weighted by Crippen LogP contribution is -2.44. The van der Waals surface area contributed by atoms with Gasteiger partial charge < -0.3 is 19.9 Å². The van der Waals surface area contributed by atoms with Gasteiger partial charge in [-0.3, -0.25) is 0 Å². The fourth-order valence-corrected chi connectivity index (χ4v) is 2.77. The highest BCUT2D eigenvalue weighted by Crippen LogP contribution is 2.31. The lowest BCUT2D eigenvalue weighted by atomic mass is 9.79. The quantitative estimate of drug-likeness (QED) is 0.759. The summed E-state index contributed by atoms with van der Waals surface area (Å²) in [4.78, 5) is 0. The predicted molar refractivity (Wildman–Crippen MR) is 83.9 cm³/mol. The molecule has 0 heterocycles. The van der Waals surface area contributed by atoms with Crippen LogP contribution in [0.2, 0.25) is 0 Å². The summed E-state index contributed by atoms with van der Waals surface area (Å²) >= 11 is 0. The molecule has 2 N–H and O–H groups in total. The van der Waals surface area contributed by atoms with Gasteiger partial charge in [-0.05, 0) is 43.7 Å². The molecule has 1 aliphatic carbocycles. The Morgan fingerprint density at radius 2 is 1.90 bits per heavy atom. The fourth-order valence-electron chi connectivity index (χ4n) is 2.77. The maximum absolute atomic E-state index is 10.5. The van der Waals surface area contributed by atoms with Crippen molar-refractivity contribution >= 4 is 0 Å². The first kappa shape index (κ1) is 16.1. The van der Waals surface area contributed by atoms with Crippen LogP contribution in [-0.4, -0.2) is 37.5 Å². The van der Waals surface area contributed by atoms with Crippen molar-refractivity contribution in [2.75, 3.05) is 26.8 Å². The van der Waals surface area contributed by atoms with Gasteiger partial charge in [0.15, 0.2) is 11.5 Å². The molecule has 21 heavy (non-hydrogen) atoms. The molecule has 0 bridgehead atoms. The zero-order valence-corrected chi connectivity index (χ0v) is 13.1. The average Bonchev–Trinajstić information content (AvgIpc) is 2.51. The fraction of sp³-hybridized carbons (Fsp3) is 0.647. The van der Waals surface area contributed by atoms with Crippen molar-refractivity contribution in [3.05, 3.63) is 24.3 Å². The Labute approximate surface area is 127 Å². The Morgan fingerprint density at radius 1 is 1.24 bits per heavy atom. The number of hydrogen-bond donors (Lipinski definition) is 2. The van der Waals surface area contributed by atoms with Crippen molar-refractivity contribution in [3.63, 3.8) is 0 Å². The number of benzene rings is 1. The highest BCUT2D eigenvalue weighted by molar-refractivity contribution is 5.39. The van der Waals surface area contributed by atoms with Gasteiger partial charge in [-0.15, -0.1) is 0 Å². The monoisotopic (exact) mass is 293 g/mol. The van der Waals surface area contributed by atoms with Gasteiger partial charge in [-0.1, -0.05) is 19.1 Å². The first-order valence-electron chi connectivity index (χ1n) is 7.82. The van der Waals surface area contributed by atoms with E-state index in [1.54, 1.807) is 7.11 Å². The van der Waals surface area contributed by atoms with Crippen LogP contribution in [0.5, 0.6) is 11.5 Å². The first-order valence-corrected chi connectivity index (χ1v) is 7.82. The minimum Gasteiger partial charge on any atom is -0.493 e. The first-order chi connectivity index (χ1) is 10.1. The highest BCUT2D eigenvalue weighted by atomic mass is 16.5. The van der Waals surface area contributed by atoms with Gasteiger partial charge in [0.05, 0.1) is 12.7 Å². The number of rotatable bonds is 7. The van der Waals surface area contributed by atoms with Crippen LogP contribution in [0, 0.1) is 5.92 Å². The Hall–Kier alpha value is -1.26. The second kappa shape index (κ2) is 7.66. The summed E-state index contributed by atoms with van der Waals surface area (Å²) in [6.45, 7) is 4.19. The van der Waals surface area contributed by atoms with Crippen molar-refractivity contribution in [2.24, 2.45) is 5.92 Å². The summed E-state index contributed by atoms with van der Waals surface area (Å²) in [6.07, 6.45) is 4.04. The molecule has 1 fully saturated rings. The molecule has 0 spiro atoms. The number of ether oxygens (including phenoxy) is 2. The van der Waals surface area contributed by atoms with Crippen LogP contribution < -0.4 is 14.8 Å². The molecule has 0 saturated heterocycles. The molecule has 1 saturated carbocycles. The Bertz CT molecular complexity index is 428. The van der Waals surface area contributed by atoms with Gasteiger partial charge in [-0.25, -0.2) is 0 Å². The molecular weight excluding hydrogens is 266 g/mol. The number of nitrogens with one attached hydrogen (secondary N) is 1. The molecule has 1 aromatic carbocycles. The van der Waals surface area contributed by atoms with Gasteiger partial charge in [0.1, 0.15) is 6.61 Å². The number of para-hydroxylation sites is 2. The van der Waals surface area contributed by atoms with E-state index in [1.807, 2.05) is 24.3 Å². The largest absolute Gasteiger partial charge is 0.493 e. The summed E-state index contributed by atoms with van der Waals surface area (Å²) in [5.41, 5.74) is -0.531. The number of methoxy groups -OCH3 is 1. The molecule has 0 unspecified atom stereocenters. The topological polar surface area (TPSA) is 50.7 Å². The van der Waals surface area contributed by atoms with Crippen molar-refractivity contribution < 1.29 is 14.6 Å². The summed E-state index contributed by atoms with van der Waals surface area (Å²) < 4.78 is 10.9. The third kappa shape index (κ3) is 4.90.